The fraction of sp³-hybridized carbons (Fsp3) is 0.667. The van der Waals surface area contributed by atoms with E-state index in [2.05, 4.69) is 11.0 Å². The molecule has 0 aliphatic carbocycles. The molecule has 3 rings (SSSR count). The van der Waals surface area contributed by atoms with E-state index < -0.39 is 23.1 Å². The predicted octanol–water partition coefficient (Wildman–Crippen LogP) is 4.01. The highest BCUT2D eigenvalue weighted by Gasteiger charge is 2.38. The van der Waals surface area contributed by atoms with Gasteiger partial charge in [-0.2, -0.15) is 0 Å². The summed E-state index contributed by atoms with van der Waals surface area (Å²) in [6.45, 7) is 15.7. The van der Waals surface area contributed by atoms with E-state index in [1.807, 2.05) is 33.8 Å². The quantitative estimate of drug-likeness (QED) is 0.453. The fourth-order valence-corrected chi connectivity index (χ4v) is 4.57. The van der Waals surface area contributed by atoms with Crippen molar-refractivity contribution >= 4 is 29.3 Å². The number of rotatable bonds is 4. The van der Waals surface area contributed by atoms with Gasteiger partial charge in [-0.15, -0.1) is 0 Å². The molecule has 1 atom stereocenters. The Hall–Kier alpha value is -2.97. The normalized spacial score (nSPS) is 18.9. The average Bonchev–Trinajstić information content (AvgIpc) is 2.91. The number of carbonyl (C=O) groups excluding carboxylic acids is 3. The molecular weight excluding hydrogens is 462 g/mol. The van der Waals surface area contributed by atoms with E-state index in [1.54, 1.807) is 37.7 Å². The number of aryl methyl sites for hydroxylation is 1. The third-order valence-corrected chi connectivity index (χ3v) is 6.22. The number of anilines is 2. The first-order valence-electron chi connectivity index (χ1n) is 12.7. The predicted molar refractivity (Wildman–Crippen MR) is 139 cm³/mol. The summed E-state index contributed by atoms with van der Waals surface area (Å²) in [4.78, 5) is 44.3. The highest BCUT2D eigenvalue weighted by Crippen LogP contribution is 2.40. The average molecular weight is 504 g/mol. The van der Waals surface area contributed by atoms with Crippen LogP contribution in [0, 0.1) is 5.92 Å². The van der Waals surface area contributed by atoms with Crippen molar-refractivity contribution in [2.75, 3.05) is 49.6 Å². The zero-order valence-electron chi connectivity index (χ0n) is 23.0. The van der Waals surface area contributed by atoms with Crippen molar-refractivity contribution < 1.29 is 28.6 Å². The summed E-state index contributed by atoms with van der Waals surface area (Å²) in [6, 6.07) is 3.95. The Bertz CT molecular complexity index is 986. The molecule has 0 bridgehead atoms. The van der Waals surface area contributed by atoms with Crippen LogP contribution in [-0.4, -0.2) is 73.9 Å². The summed E-state index contributed by atoms with van der Waals surface area (Å²) in [5.74, 6) is -0.916. The first-order chi connectivity index (χ1) is 16.7. The van der Waals surface area contributed by atoms with E-state index in [9.17, 15) is 14.4 Å². The first kappa shape index (κ1) is 27.6. The Kier molecular flexibility index (Phi) is 8.10. The third-order valence-electron chi connectivity index (χ3n) is 6.22. The molecule has 36 heavy (non-hydrogen) atoms. The number of benzene rings is 1. The van der Waals surface area contributed by atoms with Crippen LogP contribution in [0.3, 0.4) is 0 Å². The van der Waals surface area contributed by atoms with Crippen LogP contribution < -0.4 is 14.5 Å². The second kappa shape index (κ2) is 10.6. The summed E-state index contributed by atoms with van der Waals surface area (Å²) in [7, 11) is 1.61. The van der Waals surface area contributed by atoms with Crippen LogP contribution in [-0.2, 0) is 25.5 Å². The van der Waals surface area contributed by atoms with Gasteiger partial charge in [-0.3, -0.25) is 9.59 Å². The first-order valence-corrected chi connectivity index (χ1v) is 12.7. The topological polar surface area (TPSA) is 88.6 Å². The zero-order chi connectivity index (χ0) is 26.8. The maximum Gasteiger partial charge on any atom is 0.410 e. The molecule has 1 aromatic carbocycles. The highest BCUT2D eigenvalue weighted by atomic mass is 16.6. The molecule has 2 aliphatic heterocycles. The van der Waals surface area contributed by atoms with E-state index >= 15 is 0 Å². The second-order valence-corrected chi connectivity index (χ2v) is 11.3. The minimum Gasteiger partial charge on any atom is -0.495 e. The highest BCUT2D eigenvalue weighted by molar-refractivity contribution is 6.07. The largest absolute Gasteiger partial charge is 0.495 e. The van der Waals surface area contributed by atoms with Gasteiger partial charge in [0.15, 0.2) is 0 Å². The van der Waals surface area contributed by atoms with E-state index in [4.69, 9.17) is 14.2 Å². The van der Waals surface area contributed by atoms with Crippen molar-refractivity contribution in [1.29, 1.82) is 0 Å². The molecule has 1 saturated heterocycles. The van der Waals surface area contributed by atoms with Crippen LogP contribution >= 0.6 is 0 Å². The summed E-state index contributed by atoms with van der Waals surface area (Å²) in [5.41, 5.74) is 1.47. The molecule has 9 nitrogen and oxygen atoms in total. The number of hydrogen-bond donors (Lipinski definition) is 0. The SMILES string of the molecule is CCN1C(=O)C(C(=O)OC(C)(C)C)CCc2cc(N3CCN(C(=O)OC(C)(C)C)CC3)c(OC)cc21. The van der Waals surface area contributed by atoms with Crippen molar-refractivity contribution in [2.24, 2.45) is 5.92 Å². The maximum absolute atomic E-state index is 13.4. The fourth-order valence-electron chi connectivity index (χ4n) is 4.57. The number of ether oxygens (including phenoxy) is 3. The van der Waals surface area contributed by atoms with Crippen molar-refractivity contribution in [3.8, 4) is 5.75 Å². The Labute approximate surface area is 214 Å². The lowest BCUT2D eigenvalue weighted by molar-refractivity contribution is -0.162. The van der Waals surface area contributed by atoms with E-state index in [1.165, 1.54) is 0 Å². The van der Waals surface area contributed by atoms with Gasteiger partial charge in [-0.25, -0.2) is 4.79 Å². The smallest absolute Gasteiger partial charge is 0.410 e. The van der Waals surface area contributed by atoms with Gasteiger partial charge in [0.25, 0.3) is 0 Å². The lowest BCUT2D eigenvalue weighted by Gasteiger charge is -2.37. The Balaban J connectivity index is 1.83. The zero-order valence-corrected chi connectivity index (χ0v) is 23.0. The van der Waals surface area contributed by atoms with E-state index in [0.29, 0.717) is 51.3 Å². The molecule has 1 fully saturated rings. The number of methoxy groups -OCH3 is 1. The van der Waals surface area contributed by atoms with Gasteiger partial charge < -0.3 is 28.9 Å². The standard InChI is InChI=1S/C27H41N3O6/c1-9-30-20-17-22(34-8)21(28-12-14-29(15-13-28)25(33)36-27(5,6)7)16-18(20)10-11-19(23(30)31)24(32)35-26(2,3)4/h16-17,19H,9-15H2,1-8H3. The minimum atomic E-state index is -0.844. The van der Waals surface area contributed by atoms with Crippen LogP contribution in [0.15, 0.2) is 12.1 Å². The molecule has 9 heteroatoms. The summed E-state index contributed by atoms with van der Waals surface area (Å²) >= 11 is 0. The van der Waals surface area contributed by atoms with Crippen molar-refractivity contribution in [3.05, 3.63) is 17.7 Å². The van der Waals surface area contributed by atoms with Gasteiger partial charge in [0.05, 0.1) is 18.5 Å². The molecular formula is C27H41N3O6. The summed E-state index contributed by atoms with van der Waals surface area (Å²) in [6.07, 6.45) is 0.646. The number of esters is 1. The number of carbonyl (C=O) groups is 3. The van der Waals surface area contributed by atoms with Crippen molar-refractivity contribution in [2.45, 2.75) is 72.5 Å². The van der Waals surface area contributed by atoms with Gasteiger partial charge in [0.1, 0.15) is 22.9 Å². The molecule has 1 unspecified atom stereocenters. The second-order valence-electron chi connectivity index (χ2n) is 11.3. The molecule has 0 aromatic heterocycles. The van der Waals surface area contributed by atoms with E-state index in [-0.39, 0.29) is 12.0 Å². The molecule has 2 aliphatic rings. The number of nitrogens with zero attached hydrogens (tertiary/aromatic N) is 3. The Morgan fingerprint density at radius 3 is 2.08 bits per heavy atom. The minimum absolute atomic E-state index is 0.244. The van der Waals surface area contributed by atoms with Crippen LogP contribution in [0.1, 0.15) is 60.5 Å². The van der Waals surface area contributed by atoms with Crippen LogP contribution in [0.2, 0.25) is 0 Å². The third kappa shape index (κ3) is 6.42. The molecule has 0 radical (unpaired) electrons. The summed E-state index contributed by atoms with van der Waals surface area (Å²) in [5, 5.41) is 0. The lowest BCUT2D eigenvalue weighted by Crippen LogP contribution is -2.50. The van der Waals surface area contributed by atoms with Crippen LogP contribution in [0.4, 0.5) is 16.2 Å². The number of hydrogen-bond acceptors (Lipinski definition) is 7. The van der Waals surface area contributed by atoms with Crippen molar-refractivity contribution in [3.63, 3.8) is 0 Å². The van der Waals surface area contributed by atoms with E-state index in [0.717, 1.165) is 16.9 Å². The maximum atomic E-state index is 13.4. The number of amides is 2. The molecule has 2 amide bonds. The molecule has 200 valence electrons. The number of fused-ring (bicyclic) bond motifs is 1. The lowest BCUT2D eigenvalue weighted by atomic mass is 9.99. The Morgan fingerprint density at radius 1 is 0.944 bits per heavy atom. The van der Waals surface area contributed by atoms with Crippen molar-refractivity contribution in [1.82, 2.24) is 4.90 Å². The Morgan fingerprint density at radius 2 is 1.56 bits per heavy atom. The van der Waals surface area contributed by atoms with Crippen LogP contribution in [0.5, 0.6) is 5.75 Å². The summed E-state index contributed by atoms with van der Waals surface area (Å²) < 4.78 is 16.8. The molecule has 1 aromatic rings. The van der Waals surface area contributed by atoms with Gasteiger partial charge in [0.2, 0.25) is 5.91 Å². The molecule has 0 N–H and O–H groups in total. The molecule has 0 spiro atoms. The molecule has 2 heterocycles. The van der Waals surface area contributed by atoms with Gasteiger partial charge in [0, 0.05) is 38.8 Å². The van der Waals surface area contributed by atoms with Crippen LogP contribution in [0.25, 0.3) is 0 Å². The van der Waals surface area contributed by atoms with Gasteiger partial charge in [-0.05, 0) is 72.9 Å². The number of piperazine rings is 1. The van der Waals surface area contributed by atoms with Gasteiger partial charge >= 0.3 is 12.1 Å². The molecule has 0 saturated carbocycles. The monoisotopic (exact) mass is 503 g/mol. The van der Waals surface area contributed by atoms with Gasteiger partial charge in [-0.1, -0.05) is 0 Å².